The van der Waals surface area contributed by atoms with E-state index in [1.807, 2.05) is 6.92 Å². The van der Waals surface area contributed by atoms with Crippen LogP contribution >= 0.6 is 0 Å². The minimum absolute atomic E-state index is 0.0621. The van der Waals surface area contributed by atoms with Gasteiger partial charge >= 0.3 is 5.69 Å². The van der Waals surface area contributed by atoms with Crippen LogP contribution in [0.25, 0.3) is 0 Å². The maximum atomic E-state index is 11.2. The van der Waals surface area contributed by atoms with E-state index in [-0.39, 0.29) is 17.5 Å². The first kappa shape index (κ1) is 15.4. The lowest BCUT2D eigenvalue weighted by Crippen LogP contribution is -2.31. The van der Waals surface area contributed by atoms with Gasteiger partial charge < -0.3 is 15.4 Å². The van der Waals surface area contributed by atoms with E-state index in [2.05, 4.69) is 20.6 Å². The van der Waals surface area contributed by atoms with Crippen molar-refractivity contribution in [2.24, 2.45) is 5.92 Å². The molecule has 0 bridgehead atoms. The van der Waals surface area contributed by atoms with Crippen LogP contribution < -0.4 is 10.6 Å². The van der Waals surface area contributed by atoms with Crippen molar-refractivity contribution in [2.75, 3.05) is 30.9 Å². The molecule has 8 nitrogen and oxygen atoms in total. The number of rotatable bonds is 5. The van der Waals surface area contributed by atoms with Gasteiger partial charge in [-0.15, -0.1) is 0 Å². The molecule has 0 saturated carbocycles. The summed E-state index contributed by atoms with van der Waals surface area (Å²) in [6, 6.07) is 0.0895. The Bertz CT molecular complexity index is 517. The Kier molecular flexibility index (Phi) is 4.89. The summed E-state index contributed by atoms with van der Waals surface area (Å²) < 4.78 is 5.35. The quantitative estimate of drug-likeness (QED) is 0.632. The maximum Gasteiger partial charge on any atom is 0.332 e. The summed E-state index contributed by atoms with van der Waals surface area (Å²) in [5, 5.41) is 17.3. The lowest BCUT2D eigenvalue weighted by Gasteiger charge is -2.28. The fourth-order valence-electron chi connectivity index (χ4n) is 2.55. The second-order valence-electron chi connectivity index (χ2n) is 5.22. The van der Waals surface area contributed by atoms with Crippen molar-refractivity contribution in [1.82, 2.24) is 9.97 Å². The number of aryl methyl sites for hydroxylation is 1. The van der Waals surface area contributed by atoms with Crippen LogP contribution in [0.5, 0.6) is 0 Å². The van der Waals surface area contributed by atoms with Crippen molar-refractivity contribution < 1.29 is 9.66 Å². The normalized spacial score (nSPS) is 17.3. The molecule has 0 spiro atoms. The molecule has 0 radical (unpaired) electrons. The highest BCUT2D eigenvalue weighted by molar-refractivity contribution is 5.61. The molecule has 0 amide bonds. The molecule has 1 atom stereocenters. The fourth-order valence-corrected chi connectivity index (χ4v) is 2.55. The van der Waals surface area contributed by atoms with Gasteiger partial charge in [0.15, 0.2) is 0 Å². The Morgan fingerprint density at radius 2 is 2.05 bits per heavy atom. The standard InChI is InChI=1S/C13H21N5O3/c1-8(10-4-6-21-7-5-10)15-12-11(18(19)20)9(2)16-13(14-3)17-12/h8,10H,4-7H2,1-3H3,(H2,14,15,16,17). The van der Waals surface area contributed by atoms with Gasteiger partial charge in [-0.25, -0.2) is 4.98 Å². The second-order valence-corrected chi connectivity index (χ2v) is 5.22. The summed E-state index contributed by atoms with van der Waals surface area (Å²) in [5.41, 5.74) is 0.286. The molecule has 1 aromatic rings. The lowest BCUT2D eigenvalue weighted by atomic mass is 9.93. The van der Waals surface area contributed by atoms with Gasteiger partial charge in [-0.3, -0.25) is 10.1 Å². The molecular weight excluding hydrogens is 274 g/mol. The van der Waals surface area contributed by atoms with Gasteiger partial charge in [0.2, 0.25) is 11.8 Å². The second kappa shape index (κ2) is 6.66. The maximum absolute atomic E-state index is 11.2. The van der Waals surface area contributed by atoms with E-state index in [0.717, 1.165) is 26.1 Å². The number of nitro groups is 1. The summed E-state index contributed by atoms with van der Waals surface area (Å²) in [6.45, 7) is 5.12. The molecule has 0 aromatic carbocycles. The van der Waals surface area contributed by atoms with Crippen LogP contribution in [0.3, 0.4) is 0 Å². The molecule has 2 rings (SSSR count). The molecule has 21 heavy (non-hydrogen) atoms. The first-order valence-electron chi connectivity index (χ1n) is 7.08. The van der Waals surface area contributed by atoms with Crippen molar-refractivity contribution in [2.45, 2.75) is 32.7 Å². The largest absolute Gasteiger partial charge is 0.381 e. The Balaban J connectivity index is 2.24. The third-order valence-electron chi connectivity index (χ3n) is 3.80. The van der Waals surface area contributed by atoms with E-state index in [1.165, 1.54) is 0 Å². The minimum atomic E-state index is -0.437. The third-order valence-corrected chi connectivity index (χ3v) is 3.80. The van der Waals surface area contributed by atoms with Gasteiger partial charge in [-0.05, 0) is 32.6 Å². The average molecular weight is 295 g/mol. The highest BCUT2D eigenvalue weighted by Gasteiger charge is 2.26. The summed E-state index contributed by atoms with van der Waals surface area (Å²) in [5.74, 6) is 1.07. The predicted octanol–water partition coefficient (Wildman–Crippen LogP) is 1.96. The molecule has 2 heterocycles. The van der Waals surface area contributed by atoms with Crippen molar-refractivity contribution >= 4 is 17.5 Å². The van der Waals surface area contributed by atoms with Gasteiger partial charge in [0.1, 0.15) is 5.69 Å². The number of ether oxygens (including phenoxy) is 1. The summed E-state index contributed by atoms with van der Waals surface area (Å²) >= 11 is 0. The van der Waals surface area contributed by atoms with E-state index in [0.29, 0.717) is 17.6 Å². The molecule has 116 valence electrons. The zero-order chi connectivity index (χ0) is 15.4. The van der Waals surface area contributed by atoms with Crippen LogP contribution in [0.4, 0.5) is 17.5 Å². The first-order chi connectivity index (χ1) is 10.0. The topological polar surface area (TPSA) is 102 Å². The molecule has 1 fully saturated rings. The minimum Gasteiger partial charge on any atom is -0.381 e. The van der Waals surface area contributed by atoms with Gasteiger partial charge in [-0.1, -0.05) is 0 Å². The van der Waals surface area contributed by atoms with Crippen LogP contribution in [-0.2, 0) is 4.74 Å². The van der Waals surface area contributed by atoms with Crippen LogP contribution in [0, 0.1) is 23.0 Å². The molecule has 1 unspecified atom stereocenters. The molecule has 2 N–H and O–H groups in total. The summed E-state index contributed by atoms with van der Waals surface area (Å²) in [4.78, 5) is 19.1. The molecule has 8 heteroatoms. The number of anilines is 2. The molecule has 1 aliphatic rings. The Labute approximate surface area is 123 Å². The molecular formula is C13H21N5O3. The van der Waals surface area contributed by atoms with Gasteiger partial charge in [0, 0.05) is 26.3 Å². The summed E-state index contributed by atoms with van der Waals surface area (Å²) in [6.07, 6.45) is 1.90. The summed E-state index contributed by atoms with van der Waals surface area (Å²) in [7, 11) is 1.69. The lowest BCUT2D eigenvalue weighted by molar-refractivity contribution is -0.385. The van der Waals surface area contributed by atoms with Crippen LogP contribution in [0.15, 0.2) is 0 Å². The van der Waals surface area contributed by atoms with Gasteiger partial charge in [0.05, 0.1) is 4.92 Å². The monoisotopic (exact) mass is 295 g/mol. The highest BCUT2D eigenvalue weighted by Crippen LogP contribution is 2.29. The Hall–Kier alpha value is -1.96. The van der Waals surface area contributed by atoms with Crippen molar-refractivity contribution in [3.63, 3.8) is 0 Å². The van der Waals surface area contributed by atoms with Crippen molar-refractivity contribution in [3.05, 3.63) is 15.8 Å². The average Bonchev–Trinajstić information content (AvgIpc) is 2.47. The van der Waals surface area contributed by atoms with E-state index in [1.54, 1.807) is 14.0 Å². The number of aromatic nitrogens is 2. The number of hydrogen-bond acceptors (Lipinski definition) is 7. The van der Waals surface area contributed by atoms with Crippen molar-refractivity contribution in [1.29, 1.82) is 0 Å². The van der Waals surface area contributed by atoms with Crippen LogP contribution in [-0.4, -0.2) is 41.2 Å². The zero-order valence-corrected chi connectivity index (χ0v) is 12.5. The Morgan fingerprint density at radius 1 is 1.38 bits per heavy atom. The molecule has 1 saturated heterocycles. The number of nitrogens with zero attached hydrogens (tertiary/aromatic N) is 3. The molecule has 1 aromatic heterocycles. The zero-order valence-electron chi connectivity index (χ0n) is 12.5. The van der Waals surface area contributed by atoms with Gasteiger partial charge in [0.25, 0.3) is 0 Å². The van der Waals surface area contributed by atoms with Crippen LogP contribution in [0.1, 0.15) is 25.5 Å². The van der Waals surface area contributed by atoms with Gasteiger partial charge in [-0.2, -0.15) is 4.98 Å². The van der Waals surface area contributed by atoms with E-state index in [9.17, 15) is 10.1 Å². The van der Waals surface area contributed by atoms with E-state index >= 15 is 0 Å². The molecule has 0 aliphatic carbocycles. The highest BCUT2D eigenvalue weighted by atomic mass is 16.6. The van der Waals surface area contributed by atoms with Crippen molar-refractivity contribution in [3.8, 4) is 0 Å². The van der Waals surface area contributed by atoms with Crippen LogP contribution in [0.2, 0.25) is 0 Å². The Morgan fingerprint density at radius 3 is 2.62 bits per heavy atom. The van der Waals surface area contributed by atoms with E-state index < -0.39 is 4.92 Å². The number of hydrogen-bond donors (Lipinski definition) is 2. The smallest absolute Gasteiger partial charge is 0.332 e. The fraction of sp³-hybridized carbons (Fsp3) is 0.692. The third kappa shape index (κ3) is 3.57. The SMILES string of the molecule is CNc1nc(C)c([N+](=O)[O-])c(NC(C)C2CCOCC2)n1. The first-order valence-corrected chi connectivity index (χ1v) is 7.08. The predicted molar refractivity (Wildman–Crippen MR) is 79.6 cm³/mol. The molecule has 1 aliphatic heterocycles. The van der Waals surface area contributed by atoms with E-state index in [4.69, 9.17) is 4.74 Å². The number of nitrogens with one attached hydrogen (secondary N) is 2.